The Kier molecular flexibility index (Phi) is 5.62. The number of carbonyl (C=O) groups is 1. The lowest BCUT2D eigenvalue weighted by atomic mass is 9.91. The molecular formula is C16H24ClN3O. The van der Waals surface area contributed by atoms with E-state index < -0.39 is 0 Å². The van der Waals surface area contributed by atoms with Crippen LogP contribution in [0.25, 0.3) is 0 Å². The summed E-state index contributed by atoms with van der Waals surface area (Å²) in [5.41, 5.74) is 7.74. The molecular weight excluding hydrogens is 286 g/mol. The summed E-state index contributed by atoms with van der Waals surface area (Å²) in [6.07, 6.45) is 2.15. The van der Waals surface area contributed by atoms with E-state index >= 15 is 0 Å². The summed E-state index contributed by atoms with van der Waals surface area (Å²) in [7, 11) is 0. The van der Waals surface area contributed by atoms with E-state index in [9.17, 15) is 4.79 Å². The van der Waals surface area contributed by atoms with Gasteiger partial charge in [-0.3, -0.25) is 9.69 Å². The molecule has 3 N–H and O–H groups in total. The van der Waals surface area contributed by atoms with Gasteiger partial charge in [0, 0.05) is 16.8 Å². The van der Waals surface area contributed by atoms with Gasteiger partial charge in [-0.15, -0.1) is 0 Å². The summed E-state index contributed by atoms with van der Waals surface area (Å²) in [6.45, 7) is 6.33. The summed E-state index contributed by atoms with van der Waals surface area (Å²) in [5, 5.41) is 3.64. The van der Waals surface area contributed by atoms with Gasteiger partial charge in [-0.25, -0.2) is 0 Å². The zero-order chi connectivity index (χ0) is 15.4. The molecule has 21 heavy (non-hydrogen) atoms. The molecule has 0 bridgehead atoms. The number of rotatable bonds is 4. The Morgan fingerprint density at radius 3 is 2.71 bits per heavy atom. The number of nitrogens with zero attached hydrogens (tertiary/aromatic N) is 1. The van der Waals surface area contributed by atoms with Gasteiger partial charge >= 0.3 is 0 Å². The molecule has 0 aliphatic carbocycles. The minimum atomic E-state index is 0.0275. The SMILES string of the molecule is Cc1cc(Cl)ccc1NC(=O)CN1CCC(C(C)N)CC1. The number of anilines is 1. The number of nitrogens with two attached hydrogens (primary N) is 1. The number of hydrogen-bond donors (Lipinski definition) is 2. The Bertz CT molecular complexity index is 496. The molecule has 1 aliphatic heterocycles. The lowest BCUT2D eigenvalue weighted by Crippen LogP contribution is -2.42. The van der Waals surface area contributed by atoms with Crippen molar-refractivity contribution in [2.75, 3.05) is 25.0 Å². The molecule has 1 saturated heterocycles. The molecule has 4 nitrogen and oxygen atoms in total. The van der Waals surface area contributed by atoms with Crippen LogP contribution in [0.1, 0.15) is 25.3 Å². The molecule has 5 heteroatoms. The second kappa shape index (κ2) is 7.25. The predicted molar refractivity (Wildman–Crippen MR) is 87.6 cm³/mol. The fourth-order valence-corrected chi connectivity index (χ4v) is 3.02. The minimum Gasteiger partial charge on any atom is -0.328 e. The fraction of sp³-hybridized carbons (Fsp3) is 0.562. The summed E-state index contributed by atoms with van der Waals surface area (Å²) < 4.78 is 0. The quantitative estimate of drug-likeness (QED) is 0.899. The summed E-state index contributed by atoms with van der Waals surface area (Å²) in [5.74, 6) is 0.613. The van der Waals surface area contributed by atoms with Crippen LogP contribution in [0.2, 0.25) is 5.02 Å². The molecule has 1 heterocycles. The average molecular weight is 310 g/mol. The van der Waals surface area contributed by atoms with E-state index in [0.29, 0.717) is 17.5 Å². The number of hydrogen-bond acceptors (Lipinski definition) is 3. The van der Waals surface area contributed by atoms with Gasteiger partial charge in [0.2, 0.25) is 5.91 Å². The smallest absolute Gasteiger partial charge is 0.238 e. The molecule has 0 spiro atoms. The van der Waals surface area contributed by atoms with E-state index in [4.69, 9.17) is 17.3 Å². The van der Waals surface area contributed by atoms with Crippen molar-refractivity contribution in [3.63, 3.8) is 0 Å². The van der Waals surface area contributed by atoms with Gasteiger partial charge in [0.15, 0.2) is 0 Å². The first-order valence-corrected chi connectivity index (χ1v) is 7.87. The molecule has 0 saturated carbocycles. The largest absolute Gasteiger partial charge is 0.328 e. The zero-order valence-corrected chi connectivity index (χ0v) is 13.5. The molecule has 116 valence electrons. The van der Waals surface area contributed by atoms with Crippen LogP contribution < -0.4 is 11.1 Å². The zero-order valence-electron chi connectivity index (χ0n) is 12.7. The predicted octanol–water partition coefficient (Wildman–Crippen LogP) is 2.65. The fourth-order valence-electron chi connectivity index (χ4n) is 2.80. The Morgan fingerprint density at radius 1 is 1.48 bits per heavy atom. The van der Waals surface area contributed by atoms with Gasteiger partial charge in [0.05, 0.1) is 6.54 Å². The van der Waals surface area contributed by atoms with Crippen molar-refractivity contribution < 1.29 is 4.79 Å². The number of piperidine rings is 1. The van der Waals surface area contributed by atoms with E-state index in [0.717, 1.165) is 37.2 Å². The van der Waals surface area contributed by atoms with Gasteiger partial charge in [-0.1, -0.05) is 11.6 Å². The van der Waals surface area contributed by atoms with Crippen molar-refractivity contribution in [1.82, 2.24) is 4.90 Å². The van der Waals surface area contributed by atoms with E-state index in [1.807, 2.05) is 19.1 Å². The maximum Gasteiger partial charge on any atom is 0.238 e. The lowest BCUT2D eigenvalue weighted by molar-refractivity contribution is -0.117. The van der Waals surface area contributed by atoms with Crippen LogP contribution in [-0.2, 0) is 4.79 Å². The standard InChI is InChI=1S/C16H24ClN3O/c1-11-9-14(17)3-4-15(11)19-16(21)10-20-7-5-13(6-8-20)12(2)18/h3-4,9,12-13H,5-8,10,18H2,1-2H3,(H,19,21). The average Bonchev–Trinajstić information content (AvgIpc) is 2.42. The van der Waals surface area contributed by atoms with Gasteiger partial charge < -0.3 is 11.1 Å². The molecule has 1 aromatic carbocycles. The van der Waals surface area contributed by atoms with Crippen molar-refractivity contribution in [2.24, 2.45) is 11.7 Å². The van der Waals surface area contributed by atoms with Crippen LogP contribution in [0.4, 0.5) is 5.69 Å². The topological polar surface area (TPSA) is 58.4 Å². The van der Waals surface area contributed by atoms with Crippen LogP contribution in [-0.4, -0.2) is 36.5 Å². The molecule has 1 fully saturated rings. The van der Waals surface area contributed by atoms with Gasteiger partial charge in [-0.05, 0) is 69.5 Å². The highest BCUT2D eigenvalue weighted by atomic mass is 35.5. The molecule has 1 aromatic rings. The van der Waals surface area contributed by atoms with Crippen molar-refractivity contribution in [1.29, 1.82) is 0 Å². The molecule has 1 amide bonds. The van der Waals surface area contributed by atoms with Crippen LogP contribution in [0.5, 0.6) is 0 Å². The van der Waals surface area contributed by atoms with Crippen LogP contribution in [0.15, 0.2) is 18.2 Å². The molecule has 0 aromatic heterocycles. The normalized spacial score (nSPS) is 18.5. The first-order valence-electron chi connectivity index (χ1n) is 7.49. The molecule has 1 atom stereocenters. The Balaban J connectivity index is 1.83. The van der Waals surface area contributed by atoms with Crippen molar-refractivity contribution in [3.8, 4) is 0 Å². The molecule has 1 unspecified atom stereocenters. The van der Waals surface area contributed by atoms with E-state index in [1.165, 1.54) is 0 Å². The summed E-state index contributed by atoms with van der Waals surface area (Å²) in [6, 6.07) is 5.74. The molecule has 2 rings (SSSR count). The van der Waals surface area contributed by atoms with Gasteiger partial charge in [0.1, 0.15) is 0 Å². The van der Waals surface area contributed by atoms with Crippen LogP contribution in [0.3, 0.4) is 0 Å². The minimum absolute atomic E-state index is 0.0275. The highest BCUT2D eigenvalue weighted by molar-refractivity contribution is 6.30. The lowest BCUT2D eigenvalue weighted by Gasteiger charge is -2.33. The van der Waals surface area contributed by atoms with Crippen molar-refractivity contribution in [3.05, 3.63) is 28.8 Å². The highest BCUT2D eigenvalue weighted by Gasteiger charge is 2.23. The number of amides is 1. The number of carbonyl (C=O) groups excluding carboxylic acids is 1. The van der Waals surface area contributed by atoms with E-state index in [2.05, 4.69) is 17.1 Å². The first kappa shape index (κ1) is 16.3. The maximum absolute atomic E-state index is 12.1. The Labute approximate surface area is 131 Å². The van der Waals surface area contributed by atoms with E-state index in [-0.39, 0.29) is 11.9 Å². The molecule has 1 aliphatic rings. The number of halogens is 1. The third kappa shape index (κ3) is 4.70. The number of likely N-dealkylation sites (tertiary alicyclic amines) is 1. The highest BCUT2D eigenvalue weighted by Crippen LogP contribution is 2.21. The second-order valence-corrected chi connectivity index (χ2v) is 6.42. The Morgan fingerprint density at radius 2 is 2.14 bits per heavy atom. The Hall–Kier alpha value is -1.10. The van der Waals surface area contributed by atoms with Crippen molar-refractivity contribution in [2.45, 2.75) is 32.7 Å². The number of aryl methyl sites for hydroxylation is 1. The van der Waals surface area contributed by atoms with Gasteiger partial charge in [0.25, 0.3) is 0 Å². The summed E-state index contributed by atoms with van der Waals surface area (Å²) in [4.78, 5) is 14.3. The monoisotopic (exact) mass is 309 g/mol. The van der Waals surface area contributed by atoms with E-state index in [1.54, 1.807) is 6.07 Å². The second-order valence-electron chi connectivity index (χ2n) is 5.98. The third-order valence-corrected chi connectivity index (χ3v) is 4.44. The molecule has 0 radical (unpaired) electrons. The van der Waals surface area contributed by atoms with Gasteiger partial charge in [-0.2, -0.15) is 0 Å². The van der Waals surface area contributed by atoms with Crippen LogP contribution >= 0.6 is 11.6 Å². The summed E-state index contributed by atoms with van der Waals surface area (Å²) >= 11 is 5.92. The number of nitrogens with one attached hydrogen (secondary N) is 1. The van der Waals surface area contributed by atoms with Crippen molar-refractivity contribution >= 4 is 23.2 Å². The third-order valence-electron chi connectivity index (χ3n) is 4.21. The maximum atomic E-state index is 12.1. The first-order chi connectivity index (χ1) is 9.95. The van der Waals surface area contributed by atoms with Crippen LogP contribution in [0, 0.1) is 12.8 Å². The number of benzene rings is 1.